The van der Waals surface area contributed by atoms with E-state index in [1.54, 1.807) is 12.1 Å². The third-order valence-corrected chi connectivity index (χ3v) is 4.18. The van der Waals surface area contributed by atoms with Gasteiger partial charge in [0.15, 0.2) is 0 Å². The Kier molecular flexibility index (Phi) is 4.68. The molecule has 0 heterocycles. The highest BCUT2D eigenvalue weighted by molar-refractivity contribution is 9.10. The van der Waals surface area contributed by atoms with E-state index in [2.05, 4.69) is 31.9 Å². The Balaban J connectivity index is 2.20. The molecular weight excluding hydrogens is 385 g/mol. The highest BCUT2D eigenvalue weighted by Gasteiger charge is 2.13. The highest BCUT2D eigenvalue weighted by atomic mass is 79.9. The molecule has 0 spiro atoms. The van der Waals surface area contributed by atoms with Crippen molar-refractivity contribution in [1.82, 2.24) is 0 Å². The Morgan fingerprint density at radius 3 is 2.32 bits per heavy atom. The molecule has 5 heteroatoms. The average Bonchev–Trinajstić information content (AvgIpc) is 2.36. The molecule has 0 radical (unpaired) electrons. The van der Waals surface area contributed by atoms with Gasteiger partial charge < -0.3 is 0 Å². The first kappa shape index (κ1) is 14.6. The molecule has 0 aliphatic carbocycles. The van der Waals surface area contributed by atoms with Crippen LogP contribution < -0.4 is 0 Å². The maximum absolute atomic E-state index is 13.5. The largest absolute Gasteiger partial charge is 0.207 e. The lowest BCUT2D eigenvalue weighted by atomic mass is 10.0. The van der Waals surface area contributed by atoms with Gasteiger partial charge in [-0.15, -0.1) is 0 Å². The summed E-state index contributed by atoms with van der Waals surface area (Å²) in [5.74, 6) is -1.53. The maximum atomic E-state index is 13.5. The Bertz CT molecular complexity index is 599. The minimum atomic E-state index is -0.600. The van der Waals surface area contributed by atoms with Crippen molar-refractivity contribution in [2.24, 2.45) is 0 Å². The van der Waals surface area contributed by atoms with Crippen LogP contribution in [0.4, 0.5) is 13.2 Å². The molecule has 0 aliphatic heterocycles. The van der Waals surface area contributed by atoms with Crippen LogP contribution >= 0.6 is 31.9 Å². The predicted octanol–water partition coefficient (Wildman–Crippen LogP) is 5.55. The topological polar surface area (TPSA) is 0 Å². The summed E-state index contributed by atoms with van der Waals surface area (Å²) in [6.45, 7) is 0. The van der Waals surface area contributed by atoms with E-state index in [-0.39, 0.29) is 10.6 Å². The van der Waals surface area contributed by atoms with Gasteiger partial charge in [-0.1, -0.05) is 28.1 Å². The van der Waals surface area contributed by atoms with E-state index in [1.807, 2.05) is 0 Å². The van der Waals surface area contributed by atoms with Crippen LogP contribution in [0.5, 0.6) is 0 Å². The molecule has 0 nitrogen and oxygen atoms in total. The van der Waals surface area contributed by atoms with Gasteiger partial charge in [0.2, 0.25) is 0 Å². The molecule has 1 atom stereocenters. The fourth-order valence-corrected chi connectivity index (χ4v) is 2.74. The van der Waals surface area contributed by atoms with Crippen molar-refractivity contribution < 1.29 is 13.2 Å². The molecule has 19 heavy (non-hydrogen) atoms. The summed E-state index contributed by atoms with van der Waals surface area (Å²) in [6.07, 6.45) is 0.351. The number of rotatable bonds is 3. The standard InChI is InChI=1S/C14H9Br2F3/c15-11(8-2-4-13(18)12(16)5-8)6-9-1-3-10(17)7-14(9)19/h1-5,7,11H,6H2. The molecule has 0 aromatic heterocycles. The zero-order valence-electron chi connectivity index (χ0n) is 9.64. The maximum Gasteiger partial charge on any atom is 0.137 e. The van der Waals surface area contributed by atoms with Crippen LogP contribution in [0.15, 0.2) is 40.9 Å². The van der Waals surface area contributed by atoms with Crippen molar-refractivity contribution in [3.63, 3.8) is 0 Å². The van der Waals surface area contributed by atoms with Crippen molar-refractivity contribution >= 4 is 31.9 Å². The van der Waals surface area contributed by atoms with Gasteiger partial charge in [0, 0.05) is 10.9 Å². The first-order chi connectivity index (χ1) is 8.97. The number of benzene rings is 2. The molecule has 0 saturated heterocycles. The molecule has 1 unspecified atom stereocenters. The van der Waals surface area contributed by atoms with Crippen molar-refractivity contribution in [1.29, 1.82) is 0 Å². The SMILES string of the molecule is Fc1ccc(CC(Br)c2ccc(F)c(Br)c2)c(F)c1. The summed E-state index contributed by atoms with van der Waals surface area (Å²) < 4.78 is 39.8. The third kappa shape index (κ3) is 3.60. The lowest BCUT2D eigenvalue weighted by Gasteiger charge is -2.12. The molecule has 2 rings (SSSR count). The van der Waals surface area contributed by atoms with E-state index < -0.39 is 11.6 Å². The molecular formula is C14H9Br2F3. The second kappa shape index (κ2) is 6.09. The first-order valence-electron chi connectivity index (χ1n) is 5.50. The Labute approximate surface area is 125 Å². The van der Waals surface area contributed by atoms with Crippen molar-refractivity contribution in [2.75, 3.05) is 0 Å². The lowest BCUT2D eigenvalue weighted by Crippen LogP contribution is -1.99. The van der Waals surface area contributed by atoms with Crippen molar-refractivity contribution in [2.45, 2.75) is 11.2 Å². The lowest BCUT2D eigenvalue weighted by molar-refractivity contribution is 0.571. The third-order valence-electron chi connectivity index (χ3n) is 2.72. The fourth-order valence-electron chi connectivity index (χ4n) is 1.71. The molecule has 100 valence electrons. The molecule has 2 aromatic rings. The molecule has 0 amide bonds. The normalized spacial score (nSPS) is 12.5. The number of hydrogen-bond acceptors (Lipinski definition) is 0. The van der Waals surface area contributed by atoms with Gasteiger partial charge in [0.1, 0.15) is 17.5 Å². The Morgan fingerprint density at radius 2 is 1.68 bits per heavy atom. The van der Waals surface area contributed by atoms with E-state index in [0.29, 0.717) is 16.5 Å². The first-order valence-corrected chi connectivity index (χ1v) is 7.21. The van der Waals surface area contributed by atoms with Crippen molar-refractivity contribution in [3.8, 4) is 0 Å². The summed E-state index contributed by atoms with van der Waals surface area (Å²) in [4.78, 5) is -0.177. The quantitative estimate of drug-likeness (QED) is 0.600. The van der Waals surface area contributed by atoms with Crippen LogP contribution in [0, 0.1) is 17.5 Å². The van der Waals surface area contributed by atoms with Crippen LogP contribution in [0.3, 0.4) is 0 Å². The summed E-state index contributed by atoms with van der Waals surface area (Å²) in [5, 5.41) is 0. The Morgan fingerprint density at radius 1 is 0.947 bits per heavy atom. The summed E-state index contributed by atoms with van der Waals surface area (Å²) >= 11 is 6.53. The van der Waals surface area contributed by atoms with Crippen LogP contribution in [0.25, 0.3) is 0 Å². The minimum absolute atomic E-state index is 0.177. The molecule has 0 bridgehead atoms. The predicted molar refractivity (Wildman–Crippen MR) is 75.8 cm³/mol. The van der Waals surface area contributed by atoms with E-state index in [1.165, 1.54) is 18.2 Å². The molecule has 0 N–H and O–H groups in total. The van der Waals surface area contributed by atoms with Gasteiger partial charge in [-0.2, -0.15) is 0 Å². The van der Waals surface area contributed by atoms with Crippen molar-refractivity contribution in [3.05, 3.63) is 69.4 Å². The highest BCUT2D eigenvalue weighted by Crippen LogP contribution is 2.30. The van der Waals surface area contributed by atoms with Crippen LogP contribution in [0.1, 0.15) is 16.0 Å². The van der Waals surface area contributed by atoms with Gasteiger partial charge in [-0.3, -0.25) is 0 Å². The average molecular weight is 394 g/mol. The molecule has 2 aromatic carbocycles. The second-order valence-electron chi connectivity index (χ2n) is 4.08. The van der Waals surface area contributed by atoms with E-state index in [0.717, 1.165) is 11.6 Å². The molecule has 0 saturated carbocycles. The second-order valence-corrected chi connectivity index (χ2v) is 6.04. The number of halogens is 5. The summed E-state index contributed by atoms with van der Waals surface area (Å²) in [5.41, 5.74) is 1.22. The Hall–Kier alpha value is -0.810. The van der Waals surface area contributed by atoms with E-state index in [4.69, 9.17) is 0 Å². The smallest absolute Gasteiger partial charge is 0.137 e. The minimum Gasteiger partial charge on any atom is -0.207 e. The number of hydrogen-bond donors (Lipinski definition) is 0. The zero-order chi connectivity index (χ0) is 14.0. The summed E-state index contributed by atoms with van der Waals surface area (Å²) in [6, 6.07) is 8.09. The van der Waals surface area contributed by atoms with E-state index in [9.17, 15) is 13.2 Å². The zero-order valence-corrected chi connectivity index (χ0v) is 12.8. The van der Waals surface area contributed by atoms with Crippen LogP contribution in [-0.4, -0.2) is 0 Å². The fraction of sp³-hybridized carbons (Fsp3) is 0.143. The molecule has 0 aliphatic rings. The van der Waals surface area contributed by atoms with Crippen LogP contribution in [0.2, 0.25) is 0 Å². The van der Waals surface area contributed by atoms with Gasteiger partial charge in [0.25, 0.3) is 0 Å². The van der Waals surface area contributed by atoms with E-state index >= 15 is 0 Å². The summed E-state index contributed by atoms with van der Waals surface area (Å²) in [7, 11) is 0. The van der Waals surface area contributed by atoms with Gasteiger partial charge in [-0.05, 0) is 51.7 Å². The molecule has 0 fully saturated rings. The van der Waals surface area contributed by atoms with Gasteiger partial charge in [0.05, 0.1) is 4.47 Å². The monoisotopic (exact) mass is 392 g/mol. The van der Waals surface area contributed by atoms with Crippen LogP contribution in [-0.2, 0) is 6.42 Å². The van der Waals surface area contributed by atoms with Gasteiger partial charge in [-0.25, -0.2) is 13.2 Å². The number of alkyl halides is 1. The van der Waals surface area contributed by atoms with Gasteiger partial charge >= 0.3 is 0 Å².